The van der Waals surface area contributed by atoms with Gasteiger partial charge in [0.05, 0.1) is 12.8 Å². The van der Waals surface area contributed by atoms with Gasteiger partial charge in [0.25, 0.3) is 0 Å². The molecule has 9 heavy (non-hydrogen) atoms. The van der Waals surface area contributed by atoms with E-state index in [1.165, 1.54) is 0 Å². The van der Waals surface area contributed by atoms with E-state index < -0.39 is 0 Å². The van der Waals surface area contributed by atoms with Crippen LogP contribution in [0.4, 0.5) is 0 Å². The predicted octanol–water partition coefficient (Wildman–Crippen LogP) is 1.18. The Morgan fingerprint density at radius 3 is 3.22 bits per heavy atom. The second-order valence-corrected chi connectivity index (χ2v) is 2.25. The average molecular weight is 191 g/mol. The molecule has 0 radical (unpaired) electrons. The quantitative estimate of drug-likeness (QED) is 0.728. The Kier molecular flexibility index (Phi) is 2.57. The minimum absolute atomic E-state index is 0.669. The Labute approximate surface area is 61.5 Å². The number of nitrogens with one attached hydrogen (secondary N) is 1. The van der Waals surface area contributed by atoms with Gasteiger partial charge in [0.2, 0.25) is 5.88 Å². The number of nitrogens with zero attached hydrogens (tertiary/aromatic N) is 1. The Morgan fingerprint density at radius 1 is 1.78 bits per heavy atom. The number of ether oxygens (including phenoxy) is 1. The maximum Gasteiger partial charge on any atom is 0.209 e. The molecule has 0 aromatic carbocycles. The van der Waals surface area contributed by atoms with Crippen LogP contribution in [0.5, 0.6) is 5.88 Å². The molecule has 0 saturated heterocycles. The Balaban J connectivity index is 2.30. The summed E-state index contributed by atoms with van der Waals surface area (Å²) < 4.78 is 5.13. The van der Waals surface area contributed by atoms with Gasteiger partial charge < -0.3 is 4.74 Å². The zero-order valence-corrected chi connectivity index (χ0v) is 6.39. The number of rotatable bonds is 3. The van der Waals surface area contributed by atoms with Crippen LogP contribution in [-0.4, -0.2) is 22.1 Å². The van der Waals surface area contributed by atoms with Gasteiger partial charge in [0.1, 0.15) is 0 Å². The average Bonchev–Trinajstić information content (AvgIpc) is 2.34. The maximum absolute atomic E-state index is 5.13. The molecule has 0 aliphatic carbocycles. The second-order valence-electron chi connectivity index (χ2n) is 1.46. The van der Waals surface area contributed by atoms with Gasteiger partial charge in [-0.15, -0.1) is 0 Å². The zero-order valence-electron chi connectivity index (χ0n) is 4.80. The van der Waals surface area contributed by atoms with E-state index in [0.29, 0.717) is 6.61 Å². The van der Waals surface area contributed by atoms with Crippen LogP contribution >= 0.6 is 15.9 Å². The van der Waals surface area contributed by atoms with Gasteiger partial charge in [-0.3, -0.25) is 0 Å². The molecule has 0 spiro atoms. The van der Waals surface area contributed by atoms with Crippen molar-refractivity contribution in [2.75, 3.05) is 11.9 Å². The van der Waals surface area contributed by atoms with Crippen molar-refractivity contribution < 1.29 is 4.74 Å². The van der Waals surface area contributed by atoms with Crippen LogP contribution in [0.1, 0.15) is 0 Å². The molecule has 0 atom stereocenters. The highest BCUT2D eigenvalue weighted by Gasteiger charge is 1.89. The zero-order chi connectivity index (χ0) is 6.53. The van der Waals surface area contributed by atoms with Crippen molar-refractivity contribution in [1.29, 1.82) is 0 Å². The van der Waals surface area contributed by atoms with Gasteiger partial charge in [-0.05, 0) is 0 Å². The maximum atomic E-state index is 5.13. The lowest BCUT2D eigenvalue weighted by molar-refractivity contribution is 0.331. The van der Waals surface area contributed by atoms with E-state index in [2.05, 4.69) is 26.1 Å². The van der Waals surface area contributed by atoms with Crippen LogP contribution in [0.3, 0.4) is 0 Å². The van der Waals surface area contributed by atoms with Gasteiger partial charge in [0, 0.05) is 11.4 Å². The Bertz CT molecular complexity index is 152. The third-order valence-electron chi connectivity index (χ3n) is 0.810. The lowest BCUT2D eigenvalue weighted by Crippen LogP contribution is -1.97. The first kappa shape index (κ1) is 6.61. The molecule has 0 bridgehead atoms. The number of alkyl halides is 1. The number of aromatic nitrogens is 2. The molecular weight excluding hydrogens is 184 g/mol. The molecule has 50 valence electrons. The summed E-state index contributed by atoms with van der Waals surface area (Å²) in [6, 6.07) is 1.78. The monoisotopic (exact) mass is 190 g/mol. The normalized spacial score (nSPS) is 9.44. The van der Waals surface area contributed by atoms with E-state index in [-0.39, 0.29) is 0 Å². The number of H-pyrrole nitrogens is 1. The summed E-state index contributed by atoms with van der Waals surface area (Å²) in [5.41, 5.74) is 0. The SMILES string of the molecule is BrCCOc1ccn[nH]1. The molecule has 0 saturated carbocycles. The molecule has 1 aromatic heterocycles. The molecule has 0 aliphatic rings. The molecule has 0 unspecified atom stereocenters. The number of aromatic amines is 1. The minimum atomic E-state index is 0.669. The summed E-state index contributed by atoms with van der Waals surface area (Å²) >= 11 is 3.24. The van der Waals surface area contributed by atoms with Crippen LogP contribution in [0.25, 0.3) is 0 Å². The van der Waals surface area contributed by atoms with E-state index in [9.17, 15) is 0 Å². The van der Waals surface area contributed by atoms with Crippen molar-refractivity contribution in [1.82, 2.24) is 10.2 Å². The van der Waals surface area contributed by atoms with Gasteiger partial charge in [-0.2, -0.15) is 5.10 Å². The van der Waals surface area contributed by atoms with Crippen molar-refractivity contribution in [3.8, 4) is 5.88 Å². The van der Waals surface area contributed by atoms with Crippen molar-refractivity contribution in [2.45, 2.75) is 0 Å². The molecule has 1 rings (SSSR count). The molecule has 0 fully saturated rings. The molecule has 0 amide bonds. The third kappa shape index (κ3) is 2.05. The molecule has 3 nitrogen and oxygen atoms in total. The van der Waals surface area contributed by atoms with E-state index in [1.54, 1.807) is 12.3 Å². The highest BCUT2D eigenvalue weighted by molar-refractivity contribution is 9.09. The van der Waals surface area contributed by atoms with Crippen molar-refractivity contribution in [3.05, 3.63) is 12.3 Å². The van der Waals surface area contributed by atoms with Crippen molar-refractivity contribution >= 4 is 15.9 Å². The topological polar surface area (TPSA) is 37.9 Å². The summed E-state index contributed by atoms with van der Waals surface area (Å²) in [6.45, 7) is 0.669. The largest absolute Gasteiger partial charge is 0.477 e. The van der Waals surface area contributed by atoms with Gasteiger partial charge in [-0.25, -0.2) is 5.10 Å². The highest BCUT2D eigenvalue weighted by atomic mass is 79.9. The first-order valence-corrected chi connectivity index (χ1v) is 3.74. The van der Waals surface area contributed by atoms with Gasteiger partial charge in [0.15, 0.2) is 0 Å². The van der Waals surface area contributed by atoms with Crippen molar-refractivity contribution in [3.63, 3.8) is 0 Å². The van der Waals surface area contributed by atoms with E-state index >= 15 is 0 Å². The fraction of sp³-hybridized carbons (Fsp3) is 0.400. The molecule has 1 aromatic rings. The second kappa shape index (κ2) is 3.50. The van der Waals surface area contributed by atoms with E-state index in [1.807, 2.05) is 0 Å². The highest BCUT2D eigenvalue weighted by Crippen LogP contribution is 2.01. The summed E-state index contributed by atoms with van der Waals surface area (Å²) in [5.74, 6) is 0.717. The summed E-state index contributed by atoms with van der Waals surface area (Å²) in [4.78, 5) is 0. The van der Waals surface area contributed by atoms with Crippen LogP contribution in [0, 0.1) is 0 Å². The lowest BCUT2D eigenvalue weighted by atomic mass is 10.7. The molecule has 1 heterocycles. The first-order valence-electron chi connectivity index (χ1n) is 2.61. The third-order valence-corrected chi connectivity index (χ3v) is 1.13. The van der Waals surface area contributed by atoms with Crippen LogP contribution < -0.4 is 4.74 Å². The number of halogens is 1. The standard InChI is InChI=1S/C5H7BrN2O/c6-2-4-9-5-1-3-7-8-5/h1,3H,2,4H2,(H,7,8). The Morgan fingerprint density at radius 2 is 2.67 bits per heavy atom. The summed E-state index contributed by atoms with van der Waals surface area (Å²) in [5, 5.41) is 7.23. The lowest BCUT2D eigenvalue weighted by Gasteiger charge is -1.96. The number of hydrogen-bond acceptors (Lipinski definition) is 2. The minimum Gasteiger partial charge on any atom is -0.477 e. The Hall–Kier alpha value is -0.510. The van der Waals surface area contributed by atoms with Crippen LogP contribution in [0.15, 0.2) is 12.3 Å². The fourth-order valence-electron chi connectivity index (χ4n) is 0.472. The van der Waals surface area contributed by atoms with Gasteiger partial charge >= 0.3 is 0 Å². The van der Waals surface area contributed by atoms with Crippen molar-refractivity contribution in [2.24, 2.45) is 0 Å². The summed E-state index contributed by atoms with van der Waals surface area (Å²) in [6.07, 6.45) is 1.66. The molecular formula is C5H7BrN2O. The summed E-state index contributed by atoms with van der Waals surface area (Å²) in [7, 11) is 0. The van der Waals surface area contributed by atoms with E-state index in [0.717, 1.165) is 11.2 Å². The first-order chi connectivity index (χ1) is 4.43. The van der Waals surface area contributed by atoms with E-state index in [4.69, 9.17) is 4.74 Å². The smallest absolute Gasteiger partial charge is 0.209 e. The predicted molar refractivity (Wildman–Crippen MR) is 37.9 cm³/mol. The molecule has 1 N–H and O–H groups in total. The van der Waals surface area contributed by atoms with Crippen LogP contribution in [-0.2, 0) is 0 Å². The van der Waals surface area contributed by atoms with Crippen LogP contribution in [0.2, 0.25) is 0 Å². The molecule has 4 heteroatoms. The van der Waals surface area contributed by atoms with Gasteiger partial charge in [-0.1, -0.05) is 15.9 Å². The molecule has 0 aliphatic heterocycles. The number of hydrogen-bond donors (Lipinski definition) is 1. The fourth-order valence-corrected chi connectivity index (χ4v) is 0.634.